The van der Waals surface area contributed by atoms with Crippen molar-refractivity contribution in [3.8, 4) is 0 Å². The first-order valence-corrected chi connectivity index (χ1v) is 6.13. The summed E-state index contributed by atoms with van der Waals surface area (Å²) in [6.07, 6.45) is 6.32. The molecule has 0 aliphatic heterocycles. The molecule has 0 N–H and O–H groups in total. The van der Waals surface area contributed by atoms with Crippen LogP contribution in [0, 0.1) is 5.41 Å². The van der Waals surface area contributed by atoms with Gasteiger partial charge in [0, 0.05) is 0 Å². The van der Waals surface area contributed by atoms with Crippen LogP contribution >= 0.6 is 0 Å². The van der Waals surface area contributed by atoms with Gasteiger partial charge in [-0.3, -0.25) is 9.59 Å². The SMILES string of the molecule is C=CC/C=C/CC(C)(C(=O)OCC)C(=O)OCC. The summed E-state index contributed by atoms with van der Waals surface area (Å²) < 4.78 is 9.88. The van der Waals surface area contributed by atoms with Crippen LogP contribution in [-0.2, 0) is 19.1 Å². The lowest BCUT2D eigenvalue weighted by atomic mass is 9.86. The molecule has 0 aliphatic carbocycles. The lowest BCUT2D eigenvalue weighted by Crippen LogP contribution is -2.39. The Morgan fingerprint density at radius 3 is 2.00 bits per heavy atom. The molecule has 102 valence electrons. The molecule has 0 heterocycles. The fourth-order valence-corrected chi connectivity index (χ4v) is 1.34. The van der Waals surface area contributed by atoms with Crippen molar-refractivity contribution in [3.05, 3.63) is 24.8 Å². The van der Waals surface area contributed by atoms with E-state index in [1.54, 1.807) is 32.9 Å². The van der Waals surface area contributed by atoms with E-state index < -0.39 is 17.4 Å². The highest BCUT2D eigenvalue weighted by molar-refractivity contribution is 5.99. The van der Waals surface area contributed by atoms with Crippen LogP contribution in [0.5, 0.6) is 0 Å². The molecule has 4 nitrogen and oxygen atoms in total. The number of ether oxygens (including phenoxy) is 2. The summed E-state index contributed by atoms with van der Waals surface area (Å²) in [5, 5.41) is 0. The summed E-state index contributed by atoms with van der Waals surface area (Å²) >= 11 is 0. The maximum absolute atomic E-state index is 11.9. The van der Waals surface area contributed by atoms with E-state index in [0.717, 1.165) is 0 Å². The van der Waals surface area contributed by atoms with Crippen molar-refractivity contribution in [1.82, 2.24) is 0 Å². The molecule has 0 amide bonds. The van der Waals surface area contributed by atoms with Gasteiger partial charge in [0.15, 0.2) is 5.41 Å². The Bertz CT molecular complexity index is 300. The van der Waals surface area contributed by atoms with Crippen molar-refractivity contribution >= 4 is 11.9 Å². The molecule has 0 saturated heterocycles. The second kappa shape index (κ2) is 8.50. The average molecular weight is 254 g/mol. The van der Waals surface area contributed by atoms with E-state index in [-0.39, 0.29) is 19.6 Å². The Hall–Kier alpha value is -1.58. The molecule has 18 heavy (non-hydrogen) atoms. The number of carbonyl (C=O) groups excluding carboxylic acids is 2. The molecule has 4 heteroatoms. The summed E-state index contributed by atoms with van der Waals surface area (Å²) in [5.41, 5.74) is -1.27. The van der Waals surface area contributed by atoms with Crippen LogP contribution < -0.4 is 0 Å². The van der Waals surface area contributed by atoms with Crippen LogP contribution in [0.15, 0.2) is 24.8 Å². The van der Waals surface area contributed by atoms with E-state index in [1.807, 2.05) is 6.08 Å². The van der Waals surface area contributed by atoms with Crippen LogP contribution in [0.3, 0.4) is 0 Å². The molecule has 0 aromatic rings. The molecule has 0 aliphatic rings. The van der Waals surface area contributed by atoms with Crippen molar-refractivity contribution in [3.63, 3.8) is 0 Å². The molecular formula is C14H22O4. The molecule has 0 rings (SSSR count). The van der Waals surface area contributed by atoms with E-state index in [2.05, 4.69) is 6.58 Å². The highest BCUT2D eigenvalue weighted by atomic mass is 16.6. The summed E-state index contributed by atoms with van der Waals surface area (Å²) in [4.78, 5) is 23.7. The molecular weight excluding hydrogens is 232 g/mol. The molecule has 0 aromatic carbocycles. The van der Waals surface area contributed by atoms with Gasteiger partial charge in [-0.2, -0.15) is 0 Å². The van der Waals surface area contributed by atoms with Crippen LogP contribution in [0.25, 0.3) is 0 Å². The zero-order chi connectivity index (χ0) is 14.0. The Morgan fingerprint density at radius 1 is 1.11 bits per heavy atom. The minimum atomic E-state index is -1.27. The summed E-state index contributed by atoms with van der Waals surface area (Å²) in [5.74, 6) is -1.10. The van der Waals surface area contributed by atoms with Gasteiger partial charge in [0.05, 0.1) is 13.2 Å². The third-order valence-corrected chi connectivity index (χ3v) is 2.45. The first-order chi connectivity index (χ1) is 8.52. The lowest BCUT2D eigenvalue weighted by molar-refractivity contribution is -0.170. The van der Waals surface area contributed by atoms with Crippen molar-refractivity contribution in [1.29, 1.82) is 0 Å². The van der Waals surface area contributed by atoms with Crippen LogP contribution in [-0.4, -0.2) is 25.2 Å². The molecule has 0 spiro atoms. The van der Waals surface area contributed by atoms with Crippen LogP contribution in [0.1, 0.15) is 33.6 Å². The molecule has 0 unspecified atom stereocenters. The van der Waals surface area contributed by atoms with Crippen LogP contribution in [0.2, 0.25) is 0 Å². The van der Waals surface area contributed by atoms with E-state index in [1.165, 1.54) is 0 Å². The minimum Gasteiger partial charge on any atom is -0.465 e. The number of hydrogen-bond donors (Lipinski definition) is 0. The van der Waals surface area contributed by atoms with Gasteiger partial charge >= 0.3 is 11.9 Å². The largest absolute Gasteiger partial charge is 0.465 e. The summed E-state index contributed by atoms with van der Waals surface area (Å²) in [7, 11) is 0. The molecule has 0 radical (unpaired) electrons. The van der Waals surface area contributed by atoms with Gasteiger partial charge in [-0.05, 0) is 33.6 Å². The van der Waals surface area contributed by atoms with Gasteiger partial charge in [0.25, 0.3) is 0 Å². The zero-order valence-corrected chi connectivity index (χ0v) is 11.4. The highest BCUT2D eigenvalue weighted by Crippen LogP contribution is 2.26. The van der Waals surface area contributed by atoms with Gasteiger partial charge in [-0.1, -0.05) is 18.2 Å². The monoisotopic (exact) mass is 254 g/mol. The van der Waals surface area contributed by atoms with Gasteiger partial charge in [0.2, 0.25) is 0 Å². The molecule has 0 fully saturated rings. The number of rotatable bonds is 8. The fourth-order valence-electron chi connectivity index (χ4n) is 1.34. The number of allylic oxidation sites excluding steroid dienone is 3. The molecule has 0 atom stereocenters. The Labute approximate surface area is 109 Å². The third-order valence-electron chi connectivity index (χ3n) is 2.45. The third kappa shape index (κ3) is 4.73. The standard InChI is InChI=1S/C14H22O4/c1-5-8-9-10-11-14(4,12(15)17-6-2)13(16)18-7-3/h5,9-10H,1,6-8,11H2,2-4H3/b10-9+. The minimum absolute atomic E-state index is 0.240. The topological polar surface area (TPSA) is 52.6 Å². The van der Waals surface area contributed by atoms with E-state index >= 15 is 0 Å². The van der Waals surface area contributed by atoms with E-state index in [9.17, 15) is 9.59 Å². The van der Waals surface area contributed by atoms with E-state index in [0.29, 0.717) is 6.42 Å². The summed E-state index contributed by atoms with van der Waals surface area (Å²) in [6.45, 7) is 9.02. The lowest BCUT2D eigenvalue weighted by Gasteiger charge is -2.23. The maximum atomic E-state index is 11.9. The van der Waals surface area contributed by atoms with Gasteiger partial charge < -0.3 is 9.47 Å². The van der Waals surface area contributed by atoms with Gasteiger partial charge in [-0.25, -0.2) is 0 Å². The van der Waals surface area contributed by atoms with Gasteiger partial charge in [0.1, 0.15) is 0 Å². The predicted octanol–water partition coefficient (Wildman–Crippen LogP) is 2.64. The van der Waals surface area contributed by atoms with Crippen LogP contribution in [0.4, 0.5) is 0 Å². The molecule has 0 saturated carbocycles. The number of esters is 2. The smallest absolute Gasteiger partial charge is 0.323 e. The Morgan fingerprint density at radius 2 is 1.61 bits per heavy atom. The summed E-state index contributed by atoms with van der Waals surface area (Å²) in [6, 6.07) is 0. The maximum Gasteiger partial charge on any atom is 0.323 e. The Balaban J connectivity index is 4.84. The first-order valence-electron chi connectivity index (χ1n) is 6.13. The fraction of sp³-hybridized carbons (Fsp3) is 0.571. The predicted molar refractivity (Wildman–Crippen MR) is 69.9 cm³/mol. The van der Waals surface area contributed by atoms with Crippen molar-refractivity contribution in [2.24, 2.45) is 5.41 Å². The van der Waals surface area contributed by atoms with Crippen molar-refractivity contribution in [2.45, 2.75) is 33.6 Å². The second-order valence-electron chi connectivity index (χ2n) is 3.97. The average Bonchev–Trinajstić information content (AvgIpc) is 2.35. The highest BCUT2D eigenvalue weighted by Gasteiger charge is 2.43. The number of carbonyl (C=O) groups is 2. The van der Waals surface area contributed by atoms with Crippen molar-refractivity contribution < 1.29 is 19.1 Å². The Kier molecular flexibility index (Phi) is 7.76. The van der Waals surface area contributed by atoms with E-state index in [4.69, 9.17) is 9.47 Å². The first kappa shape index (κ1) is 16.4. The quantitative estimate of drug-likeness (QED) is 0.379. The molecule has 0 bridgehead atoms. The normalized spacial score (nSPS) is 11.3. The van der Waals surface area contributed by atoms with Gasteiger partial charge in [-0.15, -0.1) is 6.58 Å². The number of hydrogen-bond acceptors (Lipinski definition) is 4. The molecule has 0 aromatic heterocycles. The van der Waals surface area contributed by atoms with Crippen molar-refractivity contribution in [2.75, 3.05) is 13.2 Å². The second-order valence-corrected chi connectivity index (χ2v) is 3.97. The zero-order valence-electron chi connectivity index (χ0n) is 11.4.